The van der Waals surface area contributed by atoms with Crippen molar-refractivity contribution < 1.29 is 9.53 Å². The molecule has 0 unspecified atom stereocenters. The Balaban J connectivity index is 1.69. The summed E-state index contributed by atoms with van der Waals surface area (Å²) in [6, 6.07) is 13.2. The zero-order valence-corrected chi connectivity index (χ0v) is 20.0. The van der Waals surface area contributed by atoms with Crippen molar-refractivity contribution in [1.82, 2.24) is 14.8 Å². The number of rotatable bonds is 10. The van der Waals surface area contributed by atoms with Gasteiger partial charge in [-0.15, -0.1) is 16.8 Å². The van der Waals surface area contributed by atoms with Gasteiger partial charge in [0.2, 0.25) is 5.91 Å². The van der Waals surface area contributed by atoms with Gasteiger partial charge in [0, 0.05) is 22.8 Å². The van der Waals surface area contributed by atoms with Gasteiger partial charge in [0.15, 0.2) is 11.0 Å². The molecule has 0 atom stereocenters. The molecule has 0 radical (unpaired) electrons. The van der Waals surface area contributed by atoms with Crippen LogP contribution in [0.15, 0.2) is 60.3 Å². The quantitative estimate of drug-likeness (QED) is 0.297. The molecule has 32 heavy (non-hydrogen) atoms. The molecule has 1 amide bonds. The summed E-state index contributed by atoms with van der Waals surface area (Å²) in [5.74, 6) is 2.06. The molecule has 168 valence electrons. The number of thioether (sulfide) groups is 1. The molecular weight excluding hydrogens is 444 g/mol. The van der Waals surface area contributed by atoms with Gasteiger partial charge in [0.1, 0.15) is 5.75 Å². The van der Waals surface area contributed by atoms with E-state index < -0.39 is 0 Å². The number of carbonyl (C=O) groups is 1. The molecule has 0 bridgehead atoms. The van der Waals surface area contributed by atoms with E-state index in [2.05, 4.69) is 35.9 Å². The zero-order chi connectivity index (χ0) is 23.1. The van der Waals surface area contributed by atoms with Crippen molar-refractivity contribution in [3.05, 3.63) is 65.7 Å². The first-order chi connectivity index (χ1) is 15.4. The number of nitrogens with zero attached hydrogens (tertiary/aromatic N) is 3. The topological polar surface area (TPSA) is 69.0 Å². The van der Waals surface area contributed by atoms with E-state index in [0.29, 0.717) is 40.8 Å². The lowest BCUT2D eigenvalue weighted by atomic mass is 10.2. The van der Waals surface area contributed by atoms with Gasteiger partial charge in [-0.2, -0.15) is 0 Å². The van der Waals surface area contributed by atoms with Crippen LogP contribution in [0, 0.1) is 12.8 Å². The highest BCUT2D eigenvalue weighted by atomic mass is 35.5. The third-order valence-electron chi connectivity index (χ3n) is 4.53. The van der Waals surface area contributed by atoms with Gasteiger partial charge in [-0.3, -0.25) is 9.36 Å². The van der Waals surface area contributed by atoms with Crippen LogP contribution in [0.4, 0.5) is 5.69 Å². The van der Waals surface area contributed by atoms with Crippen molar-refractivity contribution in [2.45, 2.75) is 32.5 Å². The fourth-order valence-corrected chi connectivity index (χ4v) is 3.83. The average Bonchev–Trinajstić information content (AvgIpc) is 3.16. The number of halogens is 1. The molecule has 6 nitrogen and oxygen atoms in total. The molecule has 0 saturated carbocycles. The first kappa shape index (κ1) is 23.9. The van der Waals surface area contributed by atoms with Crippen LogP contribution in [0.1, 0.15) is 19.4 Å². The summed E-state index contributed by atoms with van der Waals surface area (Å²) in [5, 5.41) is 12.8. The highest BCUT2D eigenvalue weighted by Gasteiger charge is 2.15. The van der Waals surface area contributed by atoms with E-state index in [4.69, 9.17) is 16.3 Å². The van der Waals surface area contributed by atoms with Crippen LogP contribution in [-0.4, -0.2) is 33.0 Å². The van der Waals surface area contributed by atoms with Crippen molar-refractivity contribution >= 4 is 35.0 Å². The summed E-state index contributed by atoms with van der Waals surface area (Å²) in [6.07, 6.45) is 1.78. The standard InChI is InChI=1S/C24H27ClN4O2S/c1-5-12-29-23(18-7-10-20(11-8-18)31-14-16(2)3)27-28-24(29)32-15-22(30)26-21-13-19(25)9-6-17(21)4/h5-11,13,16H,1,12,14-15H2,2-4H3,(H,26,30). The Labute approximate surface area is 198 Å². The smallest absolute Gasteiger partial charge is 0.234 e. The Hall–Kier alpha value is -2.77. The molecule has 8 heteroatoms. The van der Waals surface area contributed by atoms with Crippen LogP contribution < -0.4 is 10.1 Å². The summed E-state index contributed by atoms with van der Waals surface area (Å²) in [7, 11) is 0. The number of hydrogen-bond acceptors (Lipinski definition) is 5. The molecule has 3 aromatic rings. The number of nitrogens with one attached hydrogen (secondary N) is 1. The van der Waals surface area contributed by atoms with E-state index in [-0.39, 0.29) is 11.7 Å². The van der Waals surface area contributed by atoms with Crippen LogP contribution in [0.2, 0.25) is 5.02 Å². The number of anilines is 1. The molecule has 1 heterocycles. The summed E-state index contributed by atoms with van der Waals surface area (Å²) in [4.78, 5) is 12.5. The van der Waals surface area contributed by atoms with E-state index in [9.17, 15) is 4.79 Å². The Kier molecular flexibility index (Phi) is 8.36. The van der Waals surface area contributed by atoms with Crippen LogP contribution in [0.5, 0.6) is 5.75 Å². The van der Waals surface area contributed by atoms with Crippen LogP contribution >= 0.6 is 23.4 Å². The minimum Gasteiger partial charge on any atom is -0.493 e. The minimum absolute atomic E-state index is 0.137. The molecule has 0 aliphatic rings. The second-order valence-corrected chi connectivity index (χ2v) is 9.11. The van der Waals surface area contributed by atoms with E-state index in [0.717, 1.165) is 16.9 Å². The van der Waals surface area contributed by atoms with Gasteiger partial charge in [-0.05, 0) is 54.8 Å². The van der Waals surface area contributed by atoms with Gasteiger partial charge in [0.25, 0.3) is 0 Å². The predicted octanol–water partition coefficient (Wildman–Crippen LogP) is 5.86. The molecule has 0 aliphatic heterocycles. The average molecular weight is 471 g/mol. The van der Waals surface area contributed by atoms with Crippen LogP contribution in [-0.2, 0) is 11.3 Å². The molecule has 0 aliphatic carbocycles. The fraction of sp³-hybridized carbons (Fsp3) is 0.292. The molecule has 3 rings (SSSR count). The van der Waals surface area contributed by atoms with Crippen molar-refractivity contribution in [1.29, 1.82) is 0 Å². The van der Waals surface area contributed by atoms with Crippen molar-refractivity contribution in [2.24, 2.45) is 5.92 Å². The normalized spacial score (nSPS) is 10.9. The van der Waals surface area contributed by atoms with Crippen molar-refractivity contribution in [2.75, 3.05) is 17.7 Å². The van der Waals surface area contributed by atoms with E-state index in [1.807, 2.05) is 41.8 Å². The molecule has 0 spiro atoms. The third kappa shape index (κ3) is 6.37. The number of hydrogen-bond donors (Lipinski definition) is 1. The molecule has 0 saturated heterocycles. The molecular formula is C24H27ClN4O2S. The number of aryl methyl sites for hydroxylation is 1. The Morgan fingerprint density at radius 2 is 2.00 bits per heavy atom. The third-order valence-corrected chi connectivity index (χ3v) is 5.73. The number of amides is 1. The second-order valence-electron chi connectivity index (χ2n) is 7.73. The predicted molar refractivity (Wildman–Crippen MR) is 132 cm³/mol. The summed E-state index contributed by atoms with van der Waals surface area (Å²) >= 11 is 7.36. The van der Waals surface area contributed by atoms with Crippen molar-refractivity contribution in [3.8, 4) is 17.1 Å². The Morgan fingerprint density at radius 3 is 2.69 bits per heavy atom. The SMILES string of the molecule is C=CCn1c(SCC(=O)Nc2cc(Cl)ccc2C)nnc1-c1ccc(OCC(C)C)cc1. The van der Waals surface area contributed by atoms with Crippen LogP contribution in [0.25, 0.3) is 11.4 Å². The Bertz CT molecular complexity index is 1080. The van der Waals surface area contributed by atoms with E-state index >= 15 is 0 Å². The van der Waals surface area contributed by atoms with Gasteiger partial charge in [0.05, 0.1) is 12.4 Å². The first-order valence-electron chi connectivity index (χ1n) is 10.3. The lowest BCUT2D eigenvalue weighted by molar-refractivity contribution is -0.113. The lowest BCUT2D eigenvalue weighted by Gasteiger charge is -2.11. The van der Waals surface area contributed by atoms with Gasteiger partial charge in [-0.25, -0.2) is 0 Å². The molecule has 1 N–H and O–H groups in total. The summed E-state index contributed by atoms with van der Waals surface area (Å²) in [5.41, 5.74) is 2.57. The van der Waals surface area contributed by atoms with Gasteiger partial charge in [-0.1, -0.05) is 49.4 Å². The number of aromatic nitrogens is 3. The number of ether oxygens (including phenoxy) is 1. The zero-order valence-electron chi connectivity index (χ0n) is 18.5. The number of benzene rings is 2. The van der Waals surface area contributed by atoms with E-state index in [1.165, 1.54) is 11.8 Å². The first-order valence-corrected chi connectivity index (χ1v) is 11.7. The minimum atomic E-state index is -0.137. The maximum Gasteiger partial charge on any atom is 0.234 e. The maximum absolute atomic E-state index is 12.5. The fourth-order valence-electron chi connectivity index (χ4n) is 2.91. The maximum atomic E-state index is 12.5. The van der Waals surface area contributed by atoms with E-state index in [1.54, 1.807) is 18.2 Å². The second kappa shape index (κ2) is 11.2. The number of carbonyl (C=O) groups excluding carboxylic acids is 1. The van der Waals surface area contributed by atoms with Gasteiger partial charge < -0.3 is 10.1 Å². The number of allylic oxidation sites excluding steroid dienone is 1. The van der Waals surface area contributed by atoms with Gasteiger partial charge >= 0.3 is 0 Å². The largest absolute Gasteiger partial charge is 0.493 e. The lowest BCUT2D eigenvalue weighted by Crippen LogP contribution is -2.15. The Morgan fingerprint density at radius 1 is 1.25 bits per heavy atom. The highest BCUT2D eigenvalue weighted by Crippen LogP contribution is 2.26. The summed E-state index contributed by atoms with van der Waals surface area (Å²) < 4.78 is 7.70. The summed E-state index contributed by atoms with van der Waals surface area (Å²) in [6.45, 7) is 11.2. The molecule has 2 aromatic carbocycles. The molecule has 1 aromatic heterocycles. The monoisotopic (exact) mass is 470 g/mol. The molecule has 0 fully saturated rings. The van der Waals surface area contributed by atoms with Crippen molar-refractivity contribution in [3.63, 3.8) is 0 Å². The highest BCUT2D eigenvalue weighted by molar-refractivity contribution is 7.99. The van der Waals surface area contributed by atoms with Crippen LogP contribution in [0.3, 0.4) is 0 Å².